The third-order valence-electron chi connectivity index (χ3n) is 5.23. The zero-order valence-corrected chi connectivity index (χ0v) is 14.9. The van der Waals surface area contributed by atoms with Gasteiger partial charge < -0.3 is 15.6 Å². The predicted molar refractivity (Wildman–Crippen MR) is 103 cm³/mol. The van der Waals surface area contributed by atoms with Crippen LogP contribution in [0.25, 0.3) is 10.9 Å². The molecule has 0 bridgehead atoms. The fourth-order valence-electron chi connectivity index (χ4n) is 3.76. The van der Waals surface area contributed by atoms with Gasteiger partial charge in [0.2, 0.25) is 0 Å². The topological polar surface area (TPSA) is 45.0 Å². The Morgan fingerprint density at radius 1 is 0.963 bits per heavy atom. The standard InChI is InChI=1S/C21H22F3N3/c22-21(23,24)16-5-4-14-10-17(26-20(14)13-16)11-15-12-18(6-7-19(15)25)27-8-2-1-3-9-27/h4-7,10,12-13,26H,1-3,8-9,11,25H2. The van der Waals surface area contributed by atoms with Gasteiger partial charge in [-0.15, -0.1) is 0 Å². The van der Waals surface area contributed by atoms with E-state index in [1.54, 1.807) is 0 Å². The third kappa shape index (κ3) is 3.75. The molecule has 1 aliphatic rings. The molecule has 4 rings (SSSR count). The van der Waals surface area contributed by atoms with Crippen molar-refractivity contribution in [3.05, 3.63) is 59.3 Å². The molecule has 1 aliphatic heterocycles. The summed E-state index contributed by atoms with van der Waals surface area (Å²) in [6.07, 6.45) is -0.115. The van der Waals surface area contributed by atoms with Gasteiger partial charge in [0.05, 0.1) is 5.56 Å². The first-order valence-corrected chi connectivity index (χ1v) is 9.22. The summed E-state index contributed by atoms with van der Waals surface area (Å²) in [6, 6.07) is 11.7. The molecule has 3 aromatic rings. The number of aromatic nitrogens is 1. The van der Waals surface area contributed by atoms with Gasteiger partial charge in [-0.1, -0.05) is 6.07 Å². The summed E-state index contributed by atoms with van der Waals surface area (Å²) in [5.41, 5.74) is 9.71. The Hall–Kier alpha value is -2.63. The Labute approximate surface area is 156 Å². The maximum atomic E-state index is 12.9. The number of fused-ring (bicyclic) bond motifs is 1. The largest absolute Gasteiger partial charge is 0.416 e. The van der Waals surface area contributed by atoms with Gasteiger partial charge in [0.1, 0.15) is 0 Å². The van der Waals surface area contributed by atoms with Crippen LogP contribution in [0.5, 0.6) is 0 Å². The monoisotopic (exact) mass is 373 g/mol. The number of nitrogen functional groups attached to an aromatic ring is 1. The van der Waals surface area contributed by atoms with Gasteiger partial charge >= 0.3 is 6.18 Å². The number of H-pyrrole nitrogens is 1. The highest BCUT2D eigenvalue weighted by Gasteiger charge is 2.30. The number of nitrogens with two attached hydrogens (primary N) is 1. The number of hydrogen-bond donors (Lipinski definition) is 2. The van der Waals surface area contributed by atoms with E-state index in [0.717, 1.165) is 47.6 Å². The highest BCUT2D eigenvalue weighted by molar-refractivity contribution is 5.81. The SMILES string of the molecule is Nc1ccc(N2CCCCC2)cc1Cc1cc2ccc(C(F)(F)F)cc2[nH]1. The molecule has 0 unspecified atom stereocenters. The van der Waals surface area contributed by atoms with Crippen LogP contribution in [-0.4, -0.2) is 18.1 Å². The summed E-state index contributed by atoms with van der Waals surface area (Å²) >= 11 is 0. The molecule has 3 nitrogen and oxygen atoms in total. The lowest BCUT2D eigenvalue weighted by Gasteiger charge is -2.29. The number of nitrogens with one attached hydrogen (secondary N) is 1. The molecule has 0 amide bonds. The predicted octanol–water partition coefficient (Wildman–Crippen LogP) is 5.35. The van der Waals surface area contributed by atoms with E-state index in [4.69, 9.17) is 5.73 Å². The van der Waals surface area contributed by atoms with Crippen molar-refractivity contribution >= 4 is 22.3 Å². The number of nitrogens with zero attached hydrogens (tertiary/aromatic N) is 1. The molecule has 0 aliphatic carbocycles. The maximum absolute atomic E-state index is 12.9. The molecule has 1 fully saturated rings. The van der Waals surface area contributed by atoms with Crippen LogP contribution in [0.4, 0.5) is 24.5 Å². The van der Waals surface area contributed by atoms with E-state index in [-0.39, 0.29) is 0 Å². The van der Waals surface area contributed by atoms with E-state index in [9.17, 15) is 13.2 Å². The highest BCUT2D eigenvalue weighted by Crippen LogP contribution is 2.32. The minimum absolute atomic E-state index is 0.491. The molecule has 1 aromatic heterocycles. The number of benzene rings is 2. The summed E-state index contributed by atoms with van der Waals surface area (Å²) in [6.45, 7) is 2.10. The minimum Gasteiger partial charge on any atom is -0.398 e. The molecule has 0 radical (unpaired) electrons. The summed E-state index contributed by atoms with van der Waals surface area (Å²) in [5, 5.41) is 0.767. The summed E-state index contributed by atoms with van der Waals surface area (Å²) in [4.78, 5) is 5.48. The molecular weight excluding hydrogens is 351 g/mol. The first kappa shape index (κ1) is 17.8. The molecule has 0 atom stereocenters. The Morgan fingerprint density at radius 3 is 2.48 bits per heavy atom. The fraction of sp³-hybridized carbons (Fsp3) is 0.333. The zero-order valence-electron chi connectivity index (χ0n) is 14.9. The van der Waals surface area contributed by atoms with E-state index < -0.39 is 11.7 Å². The lowest BCUT2D eigenvalue weighted by Crippen LogP contribution is -2.29. The molecule has 0 spiro atoms. The molecule has 0 saturated carbocycles. The molecule has 27 heavy (non-hydrogen) atoms. The second-order valence-electron chi connectivity index (χ2n) is 7.20. The molecule has 6 heteroatoms. The van der Waals surface area contributed by atoms with Crippen LogP contribution in [0, 0.1) is 0 Å². The highest BCUT2D eigenvalue weighted by atomic mass is 19.4. The Bertz CT molecular complexity index is 953. The van der Waals surface area contributed by atoms with Gasteiger partial charge in [-0.25, -0.2) is 0 Å². The Balaban J connectivity index is 1.61. The second-order valence-corrected chi connectivity index (χ2v) is 7.20. The third-order valence-corrected chi connectivity index (χ3v) is 5.23. The molecule has 2 aromatic carbocycles. The molecular formula is C21H22F3N3. The maximum Gasteiger partial charge on any atom is 0.416 e. The number of halogens is 3. The number of hydrogen-bond acceptors (Lipinski definition) is 2. The van der Waals surface area contributed by atoms with Crippen molar-refractivity contribution in [1.29, 1.82) is 0 Å². The summed E-state index contributed by atoms with van der Waals surface area (Å²) in [7, 11) is 0. The average molecular weight is 373 g/mol. The molecule has 3 N–H and O–H groups in total. The van der Waals surface area contributed by atoms with Crippen molar-refractivity contribution in [2.75, 3.05) is 23.7 Å². The molecule has 1 saturated heterocycles. The summed E-state index contributed by atoms with van der Waals surface area (Å²) < 4.78 is 38.7. The number of aromatic amines is 1. The molecule has 142 valence electrons. The second kappa shape index (κ2) is 6.83. The Morgan fingerprint density at radius 2 is 1.74 bits per heavy atom. The number of rotatable bonds is 3. The van der Waals surface area contributed by atoms with Crippen molar-refractivity contribution in [1.82, 2.24) is 4.98 Å². The minimum atomic E-state index is -4.34. The zero-order chi connectivity index (χ0) is 19.0. The van der Waals surface area contributed by atoms with Crippen molar-refractivity contribution in [2.45, 2.75) is 31.9 Å². The van der Waals surface area contributed by atoms with Crippen LogP contribution in [0.3, 0.4) is 0 Å². The quantitative estimate of drug-likeness (QED) is 0.608. The van der Waals surface area contributed by atoms with Crippen molar-refractivity contribution < 1.29 is 13.2 Å². The van der Waals surface area contributed by atoms with E-state index in [2.05, 4.69) is 16.0 Å². The lowest BCUT2D eigenvalue weighted by molar-refractivity contribution is -0.137. The van der Waals surface area contributed by atoms with Gasteiger partial charge in [0.25, 0.3) is 0 Å². The van der Waals surface area contributed by atoms with Crippen LogP contribution < -0.4 is 10.6 Å². The van der Waals surface area contributed by atoms with Crippen molar-refractivity contribution in [3.8, 4) is 0 Å². The fourth-order valence-corrected chi connectivity index (χ4v) is 3.76. The van der Waals surface area contributed by atoms with Crippen LogP contribution in [0.2, 0.25) is 0 Å². The van der Waals surface area contributed by atoms with Gasteiger partial charge in [-0.2, -0.15) is 13.2 Å². The molecule has 2 heterocycles. The Kier molecular flexibility index (Phi) is 4.50. The van der Waals surface area contributed by atoms with Gasteiger partial charge in [-0.3, -0.25) is 0 Å². The number of anilines is 2. The van der Waals surface area contributed by atoms with Crippen molar-refractivity contribution in [3.63, 3.8) is 0 Å². The van der Waals surface area contributed by atoms with E-state index in [1.165, 1.54) is 25.3 Å². The average Bonchev–Trinajstić information content (AvgIpc) is 3.05. The van der Waals surface area contributed by atoms with Gasteiger partial charge in [-0.05, 0) is 66.6 Å². The first-order chi connectivity index (χ1) is 12.9. The first-order valence-electron chi connectivity index (χ1n) is 9.22. The normalized spacial score (nSPS) is 15.4. The van der Waals surface area contributed by atoms with Gasteiger partial charge in [0.15, 0.2) is 0 Å². The smallest absolute Gasteiger partial charge is 0.398 e. The summed E-state index contributed by atoms with van der Waals surface area (Å²) in [5.74, 6) is 0. The number of alkyl halides is 3. The van der Waals surface area contributed by atoms with Crippen LogP contribution in [-0.2, 0) is 12.6 Å². The van der Waals surface area contributed by atoms with Crippen LogP contribution >= 0.6 is 0 Å². The van der Waals surface area contributed by atoms with Crippen LogP contribution in [0.1, 0.15) is 36.1 Å². The van der Waals surface area contributed by atoms with Crippen molar-refractivity contribution in [2.24, 2.45) is 0 Å². The number of piperidine rings is 1. The van der Waals surface area contributed by atoms with E-state index in [0.29, 0.717) is 17.6 Å². The van der Waals surface area contributed by atoms with Crippen LogP contribution in [0.15, 0.2) is 42.5 Å². The van der Waals surface area contributed by atoms with Gasteiger partial charge in [0, 0.05) is 42.1 Å². The van der Waals surface area contributed by atoms with E-state index >= 15 is 0 Å². The van der Waals surface area contributed by atoms with E-state index in [1.807, 2.05) is 18.2 Å². The lowest BCUT2D eigenvalue weighted by atomic mass is 10.0.